The average molecular weight is 405 g/mol. The predicted octanol–water partition coefficient (Wildman–Crippen LogP) is 1.17. The van der Waals surface area contributed by atoms with Gasteiger partial charge in [-0.1, -0.05) is 36.3 Å². The van der Waals surface area contributed by atoms with Gasteiger partial charge in [-0.05, 0) is 12.8 Å². The Labute approximate surface area is 169 Å². The van der Waals surface area contributed by atoms with Gasteiger partial charge in [0.1, 0.15) is 6.61 Å². The first kappa shape index (κ1) is 22.4. The quantitative estimate of drug-likeness (QED) is 0.166. The predicted molar refractivity (Wildman–Crippen MR) is 105 cm³/mol. The van der Waals surface area contributed by atoms with Crippen LogP contribution < -0.4 is 5.73 Å². The summed E-state index contributed by atoms with van der Waals surface area (Å²) >= 11 is 0. The van der Waals surface area contributed by atoms with Crippen LogP contribution in [0, 0.1) is 5.92 Å². The summed E-state index contributed by atoms with van der Waals surface area (Å²) in [6, 6.07) is 6.37. The van der Waals surface area contributed by atoms with E-state index in [1.54, 1.807) is 36.1 Å². The van der Waals surface area contributed by atoms with Gasteiger partial charge >= 0.3 is 5.97 Å². The van der Waals surface area contributed by atoms with Crippen LogP contribution in [0.5, 0.6) is 0 Å². The lowest BCUT2D eigenvalue weighted by molar-refractivity contribution is -0.150. The Morgan fingerprint density at radius 3 is 2.34 bits per heavy atom. The van der Waals surface area contributed by atoms with Crippen molar-refractivity contribution < 1.29 is 29.1 Å². The Hall–Kier alpha value is -2.94. The van der Waals surface area contributed by atoms with Gasteiger partial charge in [-0.15, -0.1) is 0 Å². The zero-order valence-electron chi connectivity index (χ0n) is 16.7. The average Bonchev–Trinajstić information content (AvgIpc) is 2.76. The highest BCUT2D eigenvalue weighted by molar-refractivity contribution is 6.01. The van der Waals surface area contributed by atoms with Gasteiger partial charge in [-0.25, -0.2) is 4.79 Å². The second-order valence-electron chi connectivity index (χ2n) is 7.00. The van der Waals surface area contributed by atoms with E-state index in [0.717, 1.165) is 0 Å². The molecule has 1 amide bonds. The van der Waals surface area contributed by atoms with Gasteiger partial charge in [0.05, 0.1) is 13.2 Å². The first-order valence-corrected chi connectivity index (χ1v) is 9.44. The SMILES string of the molecule is COC(=O)COC1CCN(C(=O)[C@H](C)CC(=O)c2ccc(/C(N)=N/O)cc2)CC1. The number of amidine groups is 1. The van der Waals surface area contributed by atoms with Crippen LogP contribution in [0.1, 0.15) is 42.1 Å². The number of piperidine rings is 1. The topological polar surface area (TPSA) is 132 Å². The van der Waals surface area contributed by atoms with E-state index >= 15 is 0 Å². The van der Waals surface area contributed by atoms with Crippen LogP contribution in [-0.4, -0.2) is 66.5 Å². The molecule has 1 fully saturated rings. The molecule has 1 atom stereocenters. The number of nitrogens with zero attached hydrogens (tertiary/aromatic N) is 2. The third-order valence-electron chi connectivity index (χ3n) is 4.94. The molecule has 1 heterocycles. The molecular weight excluding hydrogens is 378 g/mol. The molecule has 0 spiro atoms. The Bertz CT molecular complexity index is 754. The number of rotatable bonds is 8. The van der Waals surface area contributed by atoms with Crippen LogP contribution in [-0.2, 0) is 19.1 Å². The minimum atomic E-state index is -0.446. The van der Waals surface area contributed by atoms with Gasteiger partial charge in [0.2, 0.25) is 5.91 Å². The first-order chi connectivity index (χ1) is 13.8. The third kappa shape index (κ3) is 6.28. The van der Waals surface area contributed by atoms with E-state index in [9.17, 15) is 14.4 Å². The molecule has 1 aromatic carbocycles. The molecule has 9 heteroatoms. The van der Waals surface area contributed by atoms with Crippen molar-refractivity contribution in [3.63, 3.8) is 0 Å². The second kappa shape index (κ2) is 10.6. The zero-order chi connectivity index (χ0) is 21.4. The molecule has 1 aliphatic rings. The van der Waals surface area contributed by atoms with E-state index < -0.39 is 11.9 Å². The number of methoxy groups -OCH3 is 1. The summed E-state index contributed by atoms with van der Waals surface area (Å²) in [7, 11) is 1.31. The van der Waals surface area contributed by atoms with Crippen molar-refractivity contribution in [1.29, 1.82) is 0 Å². The normalized spacial score (nSPS) is 16.3. The van der Waals surface area contributed by atoms with Crippen LogP contribution in [0.2, 0.25) is 0 Å². The number of hydrogen-bond acceptors (Lipinski definition) is 7. The summed E-state index contributed by atoms with van der Waals surface area (Å²) < 4.78 is 10.0. The van der Waals surface area contributed by atoms with E-state index in [1.165, 1.54) is 7.11 Å². The van der Waals surface area contributed by atoms with Gasteiger partial charge < -0.3 is 25.3 Å². The molecular formula is C20H27N3O6. The summed E-state index contributed by atoms with van der Waals surface area (Å²) in [5.41, 5.74) is 6.48. The largest absolute Gasteiger partial charge is 0.467 e. The molecule has 0 radical (unpaired) electrons. The molecule has 0 saturated carbocycles. The molecule has 2 rings (SSSR count). The van der Waals surface area contributed by atoms with Crippen molar-refractivity contribution in [1.82, 2.24) is 4.90 Å². The highest BCUT2D eigenvalue weighted by Crippen LogP contribution is 2.19. The minimum Gasteiger partial charge on any atom is -0.467 e. The third-order valence-corrected chi connectivity index (χ3v) is 4.94. The Kier molecular flexibility index (Phi) is 8.14. The van der Waals surface area contributed by atoms with Crippen LogP contribution >= 0.6 is 0 Å². The Balaban J connectivity index is 1.83. The number of nitrogens with two attached hydrogens (primary N) is 1. The van der Waals surface area contributed by atoms with Gasteiger partial charge in [0.25, 0.3) is 0 Å². The van der Waals surface area contributed by atoms with Gasteiger partial charge in [0, 0.05) is 36.6 Å². The van der Waals surface area contributed by atoms with E-state index in [-0.39, 0.29) is 36.7 Å². The molecule has 3 N–H and O–H groups in total. The van der Waals surface area contributed by atoms with E-state index in [4.69, 9.17) is 15.7 Å². The van der Waals surface area contributed by atoms with Crippen LogP contribution in [0.4, 0.5) is 0 Å². The standard InChI is InChI=1S/C20H27N3O6/c1-13(11-17(24)14-3-5-15(6-4-14)19(21)22-27)20(26)23-9-7-16(8-10-23)29-12-18(25)28-2/h3-6,13,16,27H,7-12H2,1-2H3,(H2,21,22)/t13-/m1/s1. The molecule has 1 saturated heterocycles. The Morgan fingerprint density at radius 1 is 1.21 bits per heavy atom. The maximum Gasteiger partial charge on any atom is 0.331 e. The number of esters is 1. The fourth-order valence-corrected chi connectivity index (χ4v) is 3.17. The lowest BCUT2D eigenvalue weighted by Gasteiger charge is -2.33. The number of carbonyl (C=O) groups is 3. The molecule has 0 unspecified atom stereocenters. The number of benzene rings is 1. The van der Waals surface area contributed by atoms with E-state index in [1.807, 2.05) is 0 Å². The van der Waals surface area contributed by atoms with E-state index in [2.05, 4.69) is 9.89 Å². The number of carbonyl (C=O) groups excluding carboxylic acids is 3. The monoisotopic (exact) mass is 405 g/mol. The fourth-order valence-electron chi connectivity index (χ4n) is 3.17. The van der Waals surface area contributed by atoms with Crippen LogP contribution in [0.25, 0.3) is 0 Å². The van der Waals surface area contributed by atoms with Crippen molar-refractivity contribution >= 4 is 23.5 Å². The lowest BCUT2D eigenvalue weighted by atomic mass is 9.96. The minimum absolute atomic E-state index is 0.0356. The summed E-state index contributed by atoms with van der Waals surface area (Å²) in [5, 5.41) is 11.6. The molecule has 9 nitrogen and oxygen atoms in total. The number of ketones is 1. The van der Waals surface area contributed by atoms with Crippen LogP contribution in [0.3, 0.4) is 0 Å². The van der Waals surface area contributed by atoms with Crippen LogP contribution in [0.15, 0.2) is 29.4 Å². The van der Waals surface area contributed by atoms with Gasteiger partial charge in [0.15, 0.2) is 11.6 Å². The van der Waals surface area contributed by atoms with Gasteiger partial charge in [-0.3, -0.25) is 9.59 Å². The van der Waals surface area contributed by atoms with Gasteiger partial charge in [-0.2, -0.15) is 0 Å². The first-order valence-electron chi connectivity index (χ1n) is 9.44. The summed E-state index contributed by atoms with van der Waals surface area (Å²) in [6.45, 7) is 2.70. The number of hydrogen-bond donors (Lipinski definition) is 2. The summed E-state index contributed by atoms with van der Waals surface area (Å²) in [5.74, 6) is -1.12. The molecule has 1 aromatic rings. The number of likely N-dealkylation sites (tertiary alicyclic amines) is 1. The lowest BCUT2D eigenvalue weighted by Crippen LogP contribution is -2.43. The second-order valence-corrected chi connectivity index (χ2v) is 7.00. The molecule has 0 bridgehead atoms. The van der Waals surface area contributed by atoms with Crippen molar-refractivity contribution in [3.8, 4) is 0 Å². The maximum atomic E-state index is 12.7. The highest BCUT2D eigenvalue weighted by Gasteiger charge is 2.28. The number of ether oxygens (including phenoxy) is 2. The zero-order valence-corrected chi connectivity index (χ0v) is 16.7. The fraction of sp³-hybridized carbons (Fsp3) is 0.500. The molecule has 0 aromatic heterocycles. The summed E-state index contributed by atoms with van der Waals surface area (Å²) in [4.78, 5) is 38.0. The molecule has 158 valence electrons. The van der Waals surface area contributed by atoms with E-state index in [0.29, 0.717) is 37.1 Å². The number of amides is 1. The smallest absolute Gasteiger partial charge is 0.331 e. The van der Waals surface area contributed by atoms with Crippen molar-refractivity contribution in [2.75, 3.05) is 26.8 Å². The van der Waals surface area contributed by atoms with Crippen molar-refractivity contribution in [3.05, 3.63) is 35.4 Å². The Morgan fingerprint density at radius 2 is 1.79 bits per heavy atom. The molecule has 0 aliphatic carbocycles. The number of Topliss-reactive ketones (excluding diaryl/α,β-unsaturated/α-hetero) is 1. The molecule has 1 aliphatic heterocycles. The summed E-state index contributed by atoms with van der Waals surface area (Å²) in [6.07, 6.45) is 1.29. The highest BCUT2D eigenvalue weighted by atomic mass is 16.6. The van der Waals surface area contributed by atoms with Crippen molar-refractivity contribution in [2.24, 2.45) is 16.8 Å². The maximum absolute atomic E-state index is 12.7. The molecule has 29 heavy (non-hydrogen) atoms. The van der Waals surface area contributed by atoms with Crippen molar-refractivity contribution in [2.45, 2.75) is 32.3 Å². The number of oxime groups is 1.